The molecule has 8 nitrogen and oxygen atoms in total. The van der Waals surface area contributed by atoms with E-state index >= 15 is 0 Å². The van der Waals surface area contributed by atoms with Crippen molar-refractivity contribution in [1.29, 1.82) is 0 Å². The van der Waals surface area contributed by atoms with Crippen molar-refractivity contribution in [2.75, 3.05) is 13.1 Å². The molecule has 0 aromatic carbocycles. The number of aliphatic carboxylic acids is 1. The number of nitrogens with zero attached hydrogens (tertiary/aromatic N) is 5. The van der Waals surface area contributed by atoms with Gasteiger partial charge in [0, 0.05) is 38.2 Å². The number of aryl methyl sites for hydroxylation is 1. The largest absolute Gasteiger partial charge is 0.490 e. The van der Waals surface area contributed by atoms with Crippen molar-refractivity contribution in [2.24, 2.45) is 5.92 Å². The van der Waals surface area contributed by atoms with Gasteiger partial charge >= 0.3 is 12.1 Å². The topological polar surface area (TPSA) is 101 Å². The van der Waals surface area contributed by atoms with E-state index in [9.17, 15) is 18.0 Å². The van der Waals surface area contributed by atoms with Gasteiger partial charge in [0.05, 0.1) is 11.3 Å². The SMILES string of the molecule is CCCCc1cn(CC2CCN(C(=O)c3cccnc3)CC2)nn1.O=C(O)C(F)(F)F. The maximum Gasteiger partial charge on any atom is 0.490 e. The normalized spacial score (nSPS) is 14.6. The van der Waals surface area contributed by atoms with Crippen LogP contribution in [0.15, 0.2) is 30.7 Å². The fourth-order valence-corrected chi connectivity index (χ4v) is 3.16. The van der Waals surface area contributed by atoms with Crippen molar-refractivity contribution in [3.05, 3.63) is 42.0 Å². The van der Waals surface area contributed by atoms with E-state index in [2.05, 4.69) is 28.4 Å². The zero-order valence-electron chi connectivity index (χ0n) is 17.3. The number of amides is 1. The minimum Gasteiger partial charge on any atom is -0.475 e. The monoisotopic (exact) mass is 441 g/mol. The maximum atomic E-state index is 12.4. The summed E-state index contributed by atoms with van der Waals surface area (Å²) in [5, 5.41) is 15.6. The number of carboxylic acid groups (broad SMARTS) is 1. The zero-order valence-corrected chi connectivity index (χ0v) is 17.3. The third-order valence-corrected chi connectivity index (χ3v) is 4.87. The highest BCUT2D eigenvalue weighted by atomic mass is 19.4. The fraction of sp³-hybridized carbons (Fsp3) is 0.550. The van der Waals surface area contributed by atoms with Crippen molar-refractivity contribution in [2.45, 2.75) is 51.7 Å². The van der Waals surface area contributed by atoms with Crippen molar-refractivity contribution >= 4 is 11.9 Å². The molecule has 3 heterocycles. The Morgan fingerprint density at radius 2 is 1.94 bits per heavy atom. The molecule has 31 heavy (non-hydrogen) atoms. The number of carbonyl (C=O) groups is 2. The lowest BCUT2D eigenvalue weighted by Gasteiger charge is -2.31. The van der Waals surface area contributed by atoms with Crippen molar-refractivity contribution < 1.29 is 27.9 Å². The van der Waals surface area contributed by atoms with Gasteiger partial charge < -0.3 is 10.0 Å². The minimum atomic E-state index is -5.08. The van der Waals surface area contributed by atoms with Crippen LogP contribution in [-0.2, 0) is 17.8 Å². The lowest BCUT2D eigenvalue weighted by Crippen LogP contribution is -2.39. The summed E-state index contributed by atoms with van der Waals surface area (Å²) in [6.07, 6.45) is 5.69. The molecule has 1 amide bonds. The number of piperidine rings is 1. The first-order valence-corrected chi connectivity index (χ1v) is 10.1. The van der Waals surface area contributed by atoms with E-state index in [0.29, 0.717) is 11.5 Å². The number of alkyl halides is 3. The Bertz CT molecular complexity index is 834. The number of carbonyl (C=O) groups excluding carboxylic acids is 1. The van der Waals surface area contributed by atoms with E-state index in [1.54, 1.807) is 18.5 Å². The van der Waals surface area contributed by atoms with Gasteiger partial charge in [-0.25, -0.2) is 4.79 Å². The van der Waals surface area contributed by atoms with Gasteiger partial charge in [-0.3, -0.25) is 14.5 Å². The Morgan fingerprint density at radius 1 is 1.26 bits per heavy atom. The Hall–Kier alpha value is -2.98. The summed E-state index contributed by atoms with van der Waals surface area (Å²) in [5.41, 5.74) is 1.76. The number of likely N-dealkylation sites (tertiary alicyclic amines) is 1. The average Bonchev–Trinajstić information content (AvgIpc) is 3.20. The summed E-state index contributed by atoms with van der Waals surface area (Å²) in [7, 11) is 0. The molecule has 0 saturated carbocycles. The van der Waals surface area contributed by atoms with E-state index in [1.807, 2.05) is 15.6 Å². The summed E-state index contributed by atoms with van der Waals surface area (Å²) in [6.45, 7) is 4.69. The van der Waals surface area contributed by atoms with E-state index in [-0.39, 0.29) is 5.91 Å². The highest BCUT2D eigenvalue weighted by Gasteiger charge is 2.38. The molecule has 0 spiro atoms. The molecule has 0 atom stereocenters. The third kappa shape index (κ3) is 7.99. The van der Waals surface area contributed by atoms with Gasteiger partial charge in [0.2, 0.25) is 0 Å². The molecule has 0 aliphatic carbocycles. The molecule has 1 aliphatic rings. The van der Waals surface area contributed by atoms with Crippen LogP contribution >= 0.6 is 0 Å². The molecule has 3 rings (SSSR count). The van der Waals surface area contributed by atoms with Crippen molar-refractivity contribution in [3.8, 4) is 0 Å². The van der Waals surface area contributed by atoms with Crippen molar-refractivity contribution in [1.82, 2.24) is 24.9 Å². The number of hydrogen-bond acceptors (Lipinski definition) is 5. The summed E-state index contributed by atoms with van der Waals surface area (Å²) in [4.78, 5) is 27.3. The van der Waals surface area contributed by atoms with Crippen LogP contribution in [0.1, 0.15) is 48.7 Å². The van der Waals surface area contributed by atoms with Gasteiger partial charge in [0.25, 0.3) is 5.91 Å². The molecular formula is C20H26F3N5O3. The predicted octanol–water partition coefficient (Wildman–Crippen LogP) is 3.20. The number of hydrogen-bond donors (Lipinski definition) is 1. The first kappa shape index (κ1) is 24.3. The Morgan fingerprint density at radius 3 is 2.48 bits per heavy atom. The molecule has 170 valence electrons. The summed E-state index contributed by atoms with van der Waals surface area (Å²) in [6, 6.07) is 3.63. The van der Waals surface area contributed by atoms with Crippen LogP contribution in [0.4, 0.5) is 13.2 Å². The number of pyridine rings is 1. The molecule has 11 heteroatoms. The van der Waals surface area contributed by atoms with Gasteiger partial charge in [0.15, 0.2) is 0 Å². The minimum absolute atomic E-state index is 0.0872. The first-order chi connectivity index (χ1) is 14.7. The lowest BCUT2D eigenvalue weighted by molar-refractivity contribution is -0.192. The van der Waals surface area contributed by atoms with Crippen LogP contribution in [0.5, 0.6) is 0 Å². The number of halogens is 3. The standard InChI is InChI=1S/C18H25N5O.C2HF3O2/c1-2-3-6-17-14-23(21-20-17)13-15-7-10-22(11-8-15)18(24)16-5-4-9-19-12-16;3-2(4,5)1(6)7/h4-5,9,12,14-15H,2-3,6-8,10-11,13H2,1H3;(H,6,7). The van der Waals surface area contributed by atoms with E-state index < -0.39 is 12.1 Å². The molecule has 1 aliphatic heterocycles. The van der Waals surface area contributed by atoms with Gasteiger partial charge in [-0.1, -0.05) is 18.6 Å². The van der Waals surface area contributed by atoms with E-state index in [4.69, 9.17) is 9.90 Å². The lowest BCUT2D eigenvalue weighted by atomic mass is 9.96. The van der Waals surface area contributed by atoms with Gasteiger partial charge in [0.1, 0.15) is 0 Å². The van der Waals surface area contributed by atoms with Gasteiger partial charge in [-0.05, 0) is 43.7 Å². The number of rotatable bonds is 6. The zero-order chi connectivity index (χ0) is 22.9. The second-order valence-corrected chi connectivity index (χ2v) is 7.32. The molecule has 0 unspecified atom stereocenters. The summed E-state index contributed by atoms with van der Waals surface area (Å²) >= 11 is 0. The number of carboxylic acids is 1. The summed E-state index contributed by atoms with van der Waals surface area (Å²) in [5.74, 6) is -2.11. The molecular weight excluding hydrogens is 415 g/mol. The fourth-order valence-electron chi connectivity index (χ4n) is 3.16. The Kier molecular flexibility index (Phi) is 8.95. The third-order valence-electron chi connectivity index (χ3n) is 4.87. The number of unbranched alkanes of at least 4 members (excludes halogenated alkanes) is 1. The smallest absolute Gasteiger partial charge is 0.475 e. The predicted molar refractivity (Wildman–Crippen MR) is 105 cm³/mol. The van der Waals surface area contributed by atoms with E-state index in [1.165, 1.54) is 6.42 Å². The van der Waals surface area contributed by atoms with E-state index in [0.717, 1.165) is 51.0 Å². The molecule has 1 saturated heterocycles. The molecule has 1 N–H and O–H groups in total. The second-order valence-electron chi connectivity index (χ2n) is 7.32. The maximum absolute atomic E-state index is 12.4. The molecule has 1 fully saturated rings. The Balaban J connectivity index is 0.000000423. The Labute approximate surface area is 178 Å². The van der Waals surface area contributed by atoms with Crippen LogP contribution in [0.3, 0.4) is 0 Å². The molecule has 0 radical (unpaired) electrons. The van der Waals surface area contributed by atoms with Crippen LogP contribution in [0.2, 0.25) is 0 Å². The highest BCUT2D eigenvalue weighted by molar-refractivity contribution is 5.93. The molecule has 2 aromatic heterocycles. The van der Waals surface area contributed by atoms with Gasteiger partial charge in [-0.2, -0.15) is 13.2 Å². The van der Waals surface area contributed by atoms with Crippen LogP contribution < -0.4 is 0 Å². The average molecular weight is 441 g/mol. The molecule has 0 bridgehead atoms. The first-order valence-electron chi connectivity index (χ1n) is 10.1. The van der Waals surface area contributed by atoms with Crippen LogP contribution in [-0.4, -0.2) is 61.1 Å². The van der Waals surface area contributed by atoms with Crippen LogP contribution in [0.25, 0.3) is 0 Å². The second kappa shape index (κ2) is 11.4. The highest BCUT2D eigenvalue weighted by Crippen LogP contribution is 2.20. The quantitative estimate of drug-likeness (QED) is 0.739. The molecule has 2 aromatic rings. The summed E-state index contributed by atoms with van der Waals surface area (Å²) < 4.78 is 33.7. The van der Waals surface area contributed by atoms with Crippen LogP contribution in [0, 0.1) is 5.92 Å². The van der Waals surface area contributed by atoms with Gasteiger partial charge in [-0.15, -0.1) is 5.10 Å². The van der Waals surface area contributed by atoms with Crippen molar-refractivity contribution in [3.63, 3.8) is 0 Å². The number of aromatic nitrogens is 4.